The van der Waals surface area contributed by atoms with Crippen LogP contribution in [0.2, 0.25) is 0 Å². The van der Waals surface area contributed by atoms with Gasteiger partial charge in [0.2, 0.25) is 0 Å². The third-order valence-corrected chi connectivity index (χ3v) is 3.67. The lowest BCUT2D eigenvalue weighted by Crippen LogP contribution is -2.41. The minimum absolute atomic E-state index is 0.178. The molecule has 1 aliphatic rings. The van der Waals surface area contributed by atoms with Gasteiger partial charge in [0.15, 0.2) is 0 Å². The Hall–Kier alpha value is -1.66. The molecule has 1 heterocycles. The van der Waals surface area contributed by atoms with E-state index in [0.717, 1.165) is 12.0 Å². The lowest BCUT2D eigenvalue weighted by atomic mass is 10.1. The topological polar surface area (TPSA) is 61.8 Å². The highest BCUT2D eigenvalue weighted by atomic mass is 19.1. The fourth-order valence-corrected chi connectivity index (χ4v) is 2.52. The monoisotopic (exact) mass is 324 g/mol. The molecule has 2 N–H and O–H groups in total. The van der Waals surface area contributed by atoms with Gasteiger partial charge in [0, 0.05) is 6.54 Å². The number of amides is 1. The predicted molar refractivity (Wildman–Crippen MR) is 85.7 cm³/mol. The first kappa shape index (κ1) is 17.7. The Balaban J connectivity index is 1.78. The van der Waals surface area contributed by atoms with Crippen molar-refractivity contribution in [1.29, 1.82) is 0 Å². The maximum absolute atomic E-state index is 12.8. The van der Waals surface area contributed by atoms with E-state index >= 15 is 0 Å². The van der Waals surface area contributed by atoms with E-state index in [1.54, 1.807) is 12.1 Å². The second kappa shape index (κ2) is 7.27. The summed E-state index contributed by atoms with van der Waals surface area (Å²) in [5.74, 6) is -0.249. The summed E-state index contributed by atoms with van der Waals surface area (Å²) in [6.45, 7) is 6.78. The minimum atomic E-state index is -0.615. The summed E-state index contributed by atoms with van der Waals surface area (Å²) in [5, 5.41) is 13.3. The molecule has 1 amide bonds. The second-order valence-electron chi connectivity index (χ2n) is 6.89. The fraction of sp³-hybridized carbons (Fsp3) is 0.588. The lowest BCUT2D eigenvalue weighted by Gasteiger charge is -2.24. The molecule has 0 aliphatic carbocycles. The van der Waals surface area contributed by atoms with Crippen molar-refractivity contribution in [3.05, 3.63) is 35.6 Å². The van der Waals surface area contributed by atoms with Gasteiger partial charge in [-0.25, -0.2) is 9.18 Å². The van der Waals surface area contributed by atoms with Gasteiger partial charge in [0.1, 0.15) is 11.4 Å². The van der Waals surface area contributed by atoms with Crippen LogP contribution in [0.4, 0.5) is 9.18 Å². The molecule has 23 heavy (non-hydrogen) atoms. The smallest absolute Gasteiger partial charge is 0.410 e. The molecule has 1 aromatic carbocycles. The van der Waals surface area contributed by atoms with Crippen molar-refractivity contribution in [3.8, 4) is 0 Å². The Morgan fingerprint density at radius 3 is 2.61 bits per heavy atom. The molecule has 1 aromatic rings. The number of ether oxygens (including phenoxy) is 1. The first-order valence-corrected chi connectivity index (χ1v) is 7.88. The SMILES string of the molecule is CC(C)(C)OC(=O)N1C[C@@H](O)[C@H](NCCc2ccc(F)cc2)C1. The summed E-state index contributed by atoms with van der Waals surface area (Å²) in [5.41, 5.74) is 0.478. The van der Waals surface area contributed by atoms with Crippen molar-refractivity contribution in [2.24, 2.45) is 0 Å². The summed E-state index contributed by atoms with van der Waals surface area (Å²) in [7, 11) is 0. The third kappa shape index (κ3) is 5.48. The van der Waals surface area contributed by atoms with Gasteiger partial charge in [-0.3, -0.25) is 0 Å². The number of nitrogens with zero attached hydrogens (tertiary/aromatic N) is 1. The summed E-state index contributed by atoms with van der Waals surface area (Å²) >= 11 is 0. The number of aliphatic hydroxyl groups excluding tert-OH is 1. The predicted octanol–water partition coefficient (Wildman–Crippen LogP) is 1.94. The molecule has 1 aliphatic heterocycles. The van der Waals surface area contributed by atoms with Crippen LogP contribution < -0.4 is 5.32 Å². The fourth-order valence-electron chi connectivity index (χ4n) is 2.52. The van der Waals surface area contributed by atoms with E-state index in [9.17, 15) is 14.3 Å². The molecule has 128 valence electrons. The van der Waals surface area contributed by atoms with Gasteiger partial charge in [0.25, 0.3) is 0 Å². The zero-order valence-electron chi connectivity index (χ0n) is 13.9. The van der Waals surface area contributed by atoms with Crippen LogP contribution in [0.3, 0.4) is 0 Å². The molecule has 0 aromatic heterocycles. The molecular formula is C17H25FN2O3. The number of carbonyl (C=O) groups is 1. The number of benzene rings is 1. The van der Waals surface area contributed by atoms with Crippen LogP contribution >= 0.6 is 0 Å². The normalized spacial score (nSPS) is 21.5. The van der Waals surface area contributed by atoms with Gasteiger partial charge in [0.05, 0.1) is 18.7 Å². The van der Waals surface area contributed by atoms with Crippen LogP contribution in [-0.2, 0) is 11.2 Å². The Morgan fingerprint density at radius 1 is 1.35 bits per heavy atom. The zero-order chi connectivity index (χ0) is 17.0. The van der Waals surface area contributed by atoms with E-state index in [1.807, 2.05) is 20.8 Å². The first-order valence-electron chi connectivity index (χ1n) is 7.88. The maximum atomic E-state index is 12.8. The average molecular weight is 324 g/mol. The van der Waals surface area contributed by atoms with E-state index < -0.39 is 17.8 Å². The standard InChI is InChI=1S/C17H25FN2O3/c1-17(2,3)23-16(22)20-10-14(15(21)11-20)19-9-8-12-4-6-13(18)7-5-12/h4-7,14-15,19,21H,8-11H2,1-3H3/t14-,15-/m1/s1. The molecular weight excluding hydrogens is 299 g/mol. The van der Waals surface area contributed by atoms with Crippen molar-refractivity contribution in [1.82, 2.24) is 10.2 Å². The van der Waals surface area contributed by atoms with E-state index in [-0.39, 0.29) is 18.4 Å². The lowest BCUT2D eigenvalue weighted by molar-refractivity contribution is 0.0270. The largest absolute Gasteiger partial charge is 0.444 e. The van der Waals surface area contributed by atoms with Gasteiger partial charge >= 0.3 is 6.09 Å². The van der Waals surface area contributed by atoms with Gasteiger partial charge in [-0.15, -0.1) is 0 Å². The summed E-state index contributed by atoms with van der Waals surface area (Å²) in [6, 6.07) is 6.18. The molecule has 0 radical (unpaired) electrons. The highest BCUT2D eigenvalue weighted by Crippen LogP contribution is 2.16. The summed E-state index contributed by atoms with van der Waals surface area (Å²) in [6.07, 6.45) is -0.286. The van der Waals surface area contributed by atoms with Crippen molar-refractivity contribution in [2.45, 2.75) is 44.9 Å². The number of aliphatic hydroxyl groups is 1. The molecule has 1 saturated heterocycles. The van der Waals surface area contributed by atoms with Crippen LogP contribution in [0, 0.1) is 5.82 Å². The Morgan fingerprint density at radius 2 is 2.00 bits per heavy atom. The Labute approximate surface area is 136 Å². The quantitative estimate of drug-likeness (QED) is 0.888. The van der Waals surface area contributed by atoms with Crippen LogP contribution in [0.15, 0.2) is 24.3 Å². The molecule has 0 saturated carbocycles. The number of hydrogen-bond donors (Lipinski definition) is 2. The molecule has 0 bridgehead atoms. The number of nitrogens with one attached hydrogen (secondary N) is 1. The molecule has 5 nitrogen and oxygen atoms in total. The van der Waals surface area contributed by atoms with Gasteiger partial charge in [-0.2, -0.15) is 0 Å². The number of β-amino-alcohol motifs (C(OH)–C–C–N with tert-alkyl or cyclic N) is 1. The Bertz CT molecular complexity index is 528. The minimum Gasteiger partial charge on any atom is -0.444 e. The highest BCUT2D eigenvalue weighted by molar-refractivity contribution is 5.68. The summed E-state index contributed by atoms with van der Waals surface area (Å²) < 4.78 is 18.2. The first-order chi connectivity index (χ1) is 10.7. The molecule has 2 rings (SSSR count). The average Bonchev–Trinajstić information content (AvgIpc) is 2.81. The van der Waals surface area contributed by atoms with E-state index in [2.05, 4.69) is 5.32 Å². The van der Waals surface area contributed by atoms with Crippen molar-refractivity contribution in [3.63, 3.8) is 0 Å². The van der Waals surface area contributed by atoms with Gasteiger partial charge < -0.3 is 20.1 Å². The number of halogens is 1. The van der Waals surface area contributed by atoms with E-state index in [1.165, 1.54) is 17.0 Å². The molecule has 0 unspecified atom stereocenters. The van der Waals surface area contributed by atoms with Gasteiger partial charge in [-0.1, -0.05) is 12.1 Å². The molecule has 2 atom stereocenters. The van der Waals surface area contributed by atoms with Crippen LogP contribution in [-0.4, -0.2) is 53.5 Å². The molecule has 6 heteroatoms. The maximum Gasteiger partial charge on any atom is 0.410 e. The van der Waals surface area contributed by atoms with Crippen molar-refractivity contribution in [2.75, 3.05) is 19.6 Å². The summed E-state index contributed by atoms with van der Waals surface area (Å²) in [4.78, 5) is 13.5. The van der Waals surface area contributed by atoms with E-state index in [4.69, 9.17) is 4.74 Å². The van der Waals surface area contributed by atoms with Crippen LogP contribution in [0.1, 0.15) is 26.3 Å². The second-order valence-corrected chi connectivity index (χ2v) is 6.89. The van der Waals surface area contributed by atoms with Crippen molar-refractivity contribution < 1.29 is 19.0 Å². The number of likely N-dealkylation sites (tertiary alicyclic amines) is 1. The van der Waals surface area contributed by atoms with E-state index in [0.29, 0.717) is 13.1 Å². The number of hydrogen-bond acceptors (Lipinski definition) is 4. The Kier molecular flexibility index (Phi) is 5.59. The highest BCUT2D eigenvalue weighted by Gasteiger charge is 2.35. The zero-order valence-corrected chi connectivity index (χ0v) is 13.9. The number of carbonyl (C=O) groups excluding carboxylic acids is 1. The third-order valence-electron chi connectivity index (χ3n) is 3.67. The van der Waals surface area contributed by atoms with Crippen LogP contribution in [0.5, 0.6) is 0 Å². The molecule has 1 fully saturated rings. The number of rotatable bonds is 4. The van der Waals surface area contributed by atoms with Crippen molar-refractivity contribution >= 4 is 6.09 Å². The van der Waals surface area contributed by atoms with Gasteiger partial charge in [-0.05, 0) is 51.4 Å². The van der Waals surface area contributed by atoms with Crippen LogP contribution in [0.25, 0.3) is 0 Å². The molecule has 0 spiro atoms.